The summed E-state index contributed by atoms with van der Waals surface area (Å²) in [5, 5.41) is 8.98. The summed E-state index contributed by atoms with van der Waals surface area (Å²) in [4.78, 5) is 24.0. The molecular formula is C10H15NO3. The van der Waals surface area contributed by atoms with Crippen LogP contribution in [0.4, 0.5) is 4.79 Å². The number of amides is 1. The molecule has 78 valence electrons. The number of rotatable bonds is 0. The highest BCUT2D eigenvalue weighted by molar-refractivity contribution is 5.83. The highest BCUT2D eigenvalue weighted by Gasteiger charge is 2.39. The van der Waals surface area contributed by atoms with E-state index >= 15 is 0 Å². The molecule has 4 heteroatoms. The van der Waals surface area contributed by atoms with E-state index in [0.717, 1.165) is 25.7 Å². The Morgan fingerprint density at radius 1 is 1.36 bits per heavy atom. The fourth-order valence-corrected chi connectivity index (χ4v) is 2.70. The first kappa shape index (κ1) is 9.49. The molecule has 4 nitrogen and oxygen atoms in total. The van der Waals surface area contributed by atoms with E-state index in [1.807, 2.05) is 0 Å². The van der Waals surface area contributed by atoms with E-state index in [4.69, 9.17) is 5.11 Å². The molecule has 0 radical (unpaired) electrons. The van der Waals surface area contributed by atoms with Gasteiger partial charge in [-0.15, -0.1) is 0 Å². The molecule has 0 aromatic rings. The second-order valence-electron chi connectivity index (χ2n) is 4.15. The topological polar surface area (TPSA) is 57.6 Å². The average Bonchev–Trinajstić information content (AvgIpc) is 2.17. The Balaban J connectivity index is 2.15. The number of likely N-dealkylation sites (tertiary alicyclic amines) is 1. The number of piperidine rings is 1. The molecule has 1 saturated carbocycles. The van der Waals surface area contributed by atoms with Crippen molar-refractivity contribution in [1.82, 2.24) is 4.90 Å². The van der Waals surface area contributed by atoms with Gasteiger partial charge in [0.1, 0.15) is 5.78 Å². The largest absolute Gasteiger partial charge is 0.465 e. The van der Waals surface area contributed by atoms with Gasteiger partial charge in [-0.05, 0) is 25.7 Å². The number of carbonyl (C=O) groups excluding carboxylic acids is 1. The molecule has 0 aromatic carbocycles. The van der Waals surface area contributed by atoms with Gasteiger partial charge < -0.3 is 10.0 Å². The number of fused-ring (bicyclic) bond motifs is 1. The zero-order chi connectivity index (χ0) is 10.1. The molecule has 2 aliphatic rings. The van der Waals surface area contributed by atoms with Crippen LogP contribution in [0, 0.1) is 5.92 Å². The van der Waals surface area contributed by atoms with Crippen molar-refractivity contribution in [1.29, 1.82) is 0 Å². The summed E-state index contributed by atoms with van der Waals surface area (Å²) >= 11 is 0. The monoisotopic (exact) mass is 197 g/mol. The maximum absolute atomic E-state index is 11.6. The van der Waals surface area contributed by atoms with Crippen LogP contribution in [0.15, 0.2) is 0 Å². The second kappa shape index (κ2) is 3.59. The van der Waals surface area contributed by atoms with Crippen LogP contribution < -0.4 is 0 Å². The first-order valence-electron chi connectivity index (χ1n) is 5.22. The van der Waals surface area contributed by atoms with Crippen molar-refractivity contribution in [2.45, 2.75) is 38.1 Å². The Kier molecular flexibility index (Phi) is 2.44. The number of hydrogen-bond donors (Lipinski definition) is 1. The van der Waals surface area contributed by atoms with Gasteiger partial charge in [-0.2, -0.15) is 0 Å². The smallest absolute Gasteiger partial charge is 0.407 e. The maximum atomic E-state index is 11.6. The lowest BCUT2D eigenvalue weighted by Gasteiger charge is -2.41. The van der Waals surface area contributed by atoms with Crippen molar-refractivity contribution in [3.63, 3.8) is 0 Å². The third-order valence-electron chi connectivity index (χ3n) is 3.36. The summed E-state index contributed by atoms with van der Waals surface area (Å²) in [6, 6.07) is -0.0255. The van der Waals surface area contributed by atoms with Crippen LogP contribution in [0.1, 0.15) is 32.1 Å². The van der Waals surface area contributed by atoms with Gasteiger partial charge in [-0.25, -0.2) is 4.79 Å². The van der Waals surface area contributed by atoms with E-state index in [0.29, 0.717) is 13.0 Å². The van der Waals surface area contributed by atoms with Gasteiger partial charge >= 0.3 is 6.09 Å². The van der Waals surface area contributed by atoms with E-state index in [1.54, 1.807) is 0 Å². The molecule has 0 unspecified atom stereocenters. The van der Waals surface area contributed by atoms with E-state index < -0.39 is 6.09 Å². The number of carbonyl (C=O) groups is 2. The lowest BCUT2D eigenvalue weighted by molar-refractivity contribution is -0.128. The lowest BCUT2D eigenvalue weighted by atomic mass is 9.77. The molecule has 0 aromatic heterocycles. The Morgan fingerprint density at radius 2 is 2.14 bits per heavy atom. The molecule has 2 rings (SSSR count). The van der Waals surface area contributed by atoms with Crippen LogP contribution in [-0.4, -0.2) is 34.5 Å². The molecular weight excluding hydrogens is 182 g/mol. The number of ketones is 1. The van der Waals surface area contributed by atoms with Gasteiger partial charge in [0.05, 0.1) is 0 Å². The number of carboxylic acid groups (broad SMARTS) is 1. The average molecular weight is 197 g/mol. The van der Waals surface area contributed by atoms with Crippen molar-refractivity contribution in [2.24, 2.45) is 5.92 Å². The van der Waals surface area contributed by atoms with E-state index in [-0.39, 0.29) is 17.7 Å². The summed E-state index contributed by atoms with van der Waals surface area (Å²) in [6.07, 6.45) is 3.21. The molecule has 1 aliphatic carbocycles. The molecule has 1 heterocycles. The minimum atomic E-state index is -0.866. The standard InChI is InChI=1S/C10H15NO3/c12-9-5-1-4-8-7(9)3-2-6-11(8)10(13)14/h7-8H,1-6H2,(H,13,14)/t7-,8-/m1/s1. The summed E-state index contributed by atoms with van der Waals surface area (Å²) in [5.74, 6) is 0.265. The first-order chi connectivity index (χ1) is 6.70. The zero-order valence-electron chi connectivity index (χ0n) is 8.11. The highest BCUT2D eigenvalue weighted by Crippen LogP contribution is 2.32. The van der Waals surface area contributed by atoms with Crippen molar-refractivity contribution in [2.75, 3.05) is 6.54 Å². The normalized spacial score (nSPS) is 32.6. The molecule has 1 saturated heterocycles. The summed E-state index contributed by atoms with van der Waals surface area (Å²) < 4.78 is 0. The molecule has 0 spiro atoms. The van der Waals surface area contributed by atoms with Gasteiger partial charge in [0.25, 0.3) is 0 Å². The van der Waals surface area contributed by atoms with Crippen molar-refractivity contribution >= 4 is 11.9 Å². The lowest BCUT2D eigenvalue weighted by Crippen LogP contribution is -2.51. The zero-order valence-corrected chi connectivity index (χ0v) is 8.11. The van der Waals surface area contributed by atoms with Crippen molar-refractivity contribution < 1.29 is 14.7 Å². The minimum Gasteiger partial charge on any atom is -0.465 e. The summed E-state index contributed by atoms with van der Waals surface area (Å²) in [7, 11) is 0. The van der Waals surface area contributed by atoms with Crippen LogP contribution in [0.3, 0.4) is 0 Å². The number of Topliss-reactive ketones (excluding diaryl/α,β-unsaturated/α-hetero) is 1. The third-order valence-corrected chi connectivity index (χ3v) is 3.36. The molecule has 14 heavy (non-hydrogen) atoms. The van der Waals surface area contributed by atoms with Crippen LogP contribution in [0.2, 0.25) is 0 Å². The Hall–Kier alpha value is -1.06. The molecule has 1 N–H and O–H groups in total. The van der Waals surface area contributed by atoms with Gasteiger partial charge in [-0.1, -0.05) is 0 Å². The number of nitrogens with zero attached hydrogens (tertiary/aromatic N) is 1. The van der Waals surface area contributed by atoms with Crippen LogP contribution in [0.5, 0.6) is 0 Å². The van der Waals surface area contributed by atoms with Gasteiger partial charge in [0.2, 0.25) is 0 Å². The van der Waals surface area contributed by atoms with Gasteiger partial charge in [0, 0.05) is 24.9 Å². The third kappa shape index (κ3) is 1.49. The summed E-state index contributed by atoms with van der Waals surface area (Å²) in [6.45, 7) is 0.601. The van der Waals surface area contributed by atoms with Crippen molar-refractivity contribution in [3.8, 4) is 0 Å². The molecule has 1 amide bonds. The Labute approximate surface area is 82.9 Å². The Morgan fingerprint density at radius 3 is 2.86 bits per heavy atom. The molecule has 1 aliphatic heterocycles. The van der Waals surface area contributed by atoms with E-state index in [1.165, 1.54) is 4.90 Å². The minimum absolute atomic E-state index is 0.00593. The Bertz CT molecular complexity index is 258. The van der Waals surface area contributed by atoms with Crippen LogP contribution in [0.25, 0.3) is 0 Å². The second-order valence-corrected chi connectivity index (χ2v) is 4.15. The fraction of sp³-hybridized carbons (Fsp3) is 0.800. The van der Waals surface area contributed by atoms with E-state index in [2.05, 4.69) is 0 Å². The van der Waals surface area contributed by atoms with Crippen LogP contribution >= 0.6 is 0 Å². The van der Waals surface area contributed by atoms with Gasteiger partial charge in [0.15, 0.2) is 0 Å². The molecule has 2 fully saturated rings. The highest BCUT2D eigenvalue weighted by atomic mass is 16.4. The summed E-state index contributed by atoms with van der Waals surface area (Å²) in [5.41, 5.74) is 0. The van der Waals surface area contributed by atoms with Crippen LogP contribution in [-0.2, 0) is 4.79 Å². The first-order valence-corrected chi connectivity index (χ1v) is 5.22. The van der Waals surface area contributed by atoms with Gasteiger partial charge in [-0.3, -0.25) is 4.79 Å². The molecule has 2 atom stereocenters. The quantitative estimate of drug-likeness (QED) is 0.640. The fourth-order valence-electron chi connectivity index (χ4n) is 2.70. The van der Waals surface area contributed by atoms with E-state index in [9.17, 15) is 9.59 Å². The predicted molar refractivity (Wildman–Crippen MR) is 50.1 cm³/mol. The SMILES string of the molecule is O=C1CCC[C@@H]2[C@H]1CCCN2C(=O)O. The predicted octanol–water partition coefficient (Wildman–Crippen LogP) is 1.50. The maximum Gasteiger partial charge on any atom is 0.407 e. The number of hydrogen-bond acceptors (Lipinski definition) is 2. The van der Waals surface area contributed by atoms with Crippen molar-refractivity contribution in [3.05, 3.63) is 0 Å². The molecule has 0 bridgehead atoms.